The fourth-order valence-electron chi connectivity index (χ4n) is 2.51. The summed E-state index contributed by atoms with van der Waals surface area (Å²) in [6, 6.07) is 8.89. The molecule has 0 bridgehead atoms. The highest BCUT2D eigenvalue weighted by Crippen LogP contribution is 2.24. The molecule has 0 atom stereocenters. The molecule has 1 aromatic heterocycles. The molecular weight excluding hydrogens is 358 g/mol. The van der Waals surface area contributed by atoms with Gasteiger partial charge in [-0.2, -0.15) is 0 Å². The van der Waals surface area contributed by atoms with Gasteiger partial charge >= 0.3 is 0 Å². The Morgan fingerprint density at radius 1 is 1.24 bits per heavy atom. The van der Waals surface area contributed by atoms with Gasteiger partial charge in [0.2, 0.25) is 0 Å². The third-order valence-electron chi connectivity index (χ3n) is 3.81. The van der Waals surface area contributed by atoms with Crippen molar-refractivity contribution in [3.63, 3.8) is 0 Å². The molecule has 2 amide bonds. The van der Waals surface area contributed by atoms with Crippen molar-refractivity contribution in [3.05, 3.63) is 58.9 Å². The van der Waals surface area contributed by atoms with Gasteiger partial charge in [-0.1, -0.05) is 17.7 Å². The van der Waals surface area contributed by atoms with E-state index in [1.165, 1.54) is 4.90 Å². The molecule has 3 rings (SSSR count). The van der Waals surface area contributed by atoms with E-state index in [2.05, 4.69) is 19.2 Å². The Kier molecular flexibility index (Phi) is 4.74. The number of rotatable bonds is 3. The van der Waals surface area contributed by atoms with Gasteiger partial charge in [0.25, 0.3) is 11.8 Å². The van der Waals surface area contributed by atoms with Gasteiger partial charge in [0, 0.05) is 23.5 Å². The first-order chi connectivity index (χ1) is 11.9. The number of aromatic nitrogens is 1. The van der Waals surface area contributed by atoms with E-state index in [0.29, 0.717) is 16.8 Å². The Balaban J connectivity index is 1.99. The number of nitrogens with one attached hydrogen (secondary N) is 1. The fourth-order valence-corrected chi connectivity index (χ4v) is 2.98. The van der Waals surface area contributed by atoms with Gasteiger partial charge in [-0.25, -0.2) is 0 Å². The zero-order valence-electron chi connectivity index (χ0n) is 13.7. The summed E-state index contributed by atoms with van der Waals surface area (Å²) in [6.07, 6.45) is 5.35. The third kappa shape index (κ3) is 3.50. The number of nitrogens with zero attached hydrogens (tertiary/aromatic N) is 2. The highest BCUT2D eigenvalue weighted by molar-refractivity contribution is 7.80. The summed E-state index contributed by atoms with van der Waals surface area (Å²) in [5, 5.41) is 3.07. The van der Waals surface area contributed by atoms with Crippen molar-refractivity contribution in [2.24, 2.45) is 0 Å². The number of amides is 2. The summed E-state index contributed by atoms with van der Waals surface area (Å²) in [4.78, 5) is 26.4. The van der Waals surface area contributed by atoms with E-state index in [0.717, 1.165) is 5.56 Å². The largest absolute Gasteiger partial charge is 0.351 e. The Hall–Kier alpha value is -2.44. The standard InChI is InChI=1S/C18H16ClN3O2S/c1-11(2)21-7-6-12(10-21)8-15-16(23)20-18(25)22(17(15)24)14-5-3-4-13(19)9-14/h3-11H,1-2H3,(H,20,23,25)/b15-8-. The van der Waals surface area contributed by atoms with Gasteiger partial charge in [0.05, 0.1) is 5.69 Å². The zero-order valence-corrected chi connectivity index (χ0v) is 15.3. The van der Waals surface area contributed by atoms with Gasteiger partial charge < -0.3 is 4.57 Å². The number of carbonyl (C=O) groups is 2. The van der Waals surface area contributed by atoms with E-state index < -0.39 is 11.8 Å². The van der Waals surface area contributed by atoms with Crippen LogP contribution in [0.4, 0.5) is 5.69 Å². The number of thiocarbonyl (C=S) groups is 1. The first-order valence-corrected chi connectivity index (χ1v) is 8.50. The monoisotopic (exact) mass is 373 g/mol. The van der Waals surface area contributed by atoms with E-state index in [-0.39, 0.29) is 10.7 Å². The van der Waals surface area contributed by atoms with Crippen molar-refractivity contribution >= 4 is 52.5 Å². The number of anilines is 1. The SMILES string of the molecule is CC(C)n1ccc(/C=C2/C(=O)NC(=S)N(c3cccc(Cl)c3)C2=O)c1. The van der Waals surface area contributed by atoms with Crippen LogP contribution in [0.3, 0.4) is 0 Å². The van der Waals surface area contributed by atoms with Crippen LogP contribution in [-0.2, 0) is 9.59 Å². The molecular formula is C18H16ClN3O2S. The first-order valence-electron chi connectivity index (χ1n) is 7.71. The highest BCUT2D eigenvalue weighted by atomic mass is 35.5. The molecule has 0 unspecified atom stereocenters. The average Bonchev–Trinajstić information content (AvgIpc) is 3.00. The van der Waals surface area contributed by atoms with Gasteiger partial charge in [0.15, 0.2) is 5.11 Å². The molecule has 2 heterocycles. The normalized spacial score (nSPS) is 16.7. The Bertz CT molecular complexity index is 901. The molecule has 7 heteroatoms. The molecule has 25 heavy (non-hydrogen) atoms. The first kappa shape index (κ1) is 17.4. The van der Waals surface area contributed by atoms with Crippen molar-refractivity contribution in [2.75, 3.05) is 4.90 Å². The molecule has 0 aliphatic carbocycles. The number of carbonyl (C=O) groups excluding carboxylic acids is 2. The van der Waals surface area contributed by atoms with Crippen LogP contribution >= 0.6 is 23.8 Å². The molecule has 0 spiro atoms. The minimum atomic E-state index is -0.509. The van der Waals surface area contributed by atoms with E-state index in [9.17, 15) is 9.59 Å². The lowest BCUT2D eigenvalue weighted by Crippen LogP contribution is -2.54. The highest BCUT2D eigenvalue weighted by Gasteiger charge is 2.34. The summed E-state index contributed by atoms with van der Waals surface area (Å²) in [5.74, 6) is -0.987. The second kappa shape index (κ2) is 6.82. The molecule has 2 aromatic rings. The lowest BCUT2D eigenvalue weighted by Gasteiger charge is -2.28. The Labute approximate surface area is 155 Å². The molecule has 1 aliphatic rings. The number of halogens is 1. The molecule has 128 valence electrons. The molecule has 0 radical (unpaired) electrons. The van der Waals surface area contributed by atoms with Crippen molar-refractivity contribution < 1.29 is 9.59 Å². The second-order valence-electron chi connectivity index (χ2n) is 5.92. The maximum absolute atomic E-state index is 12.9. The van der Waals surface area contributed by atoms with Gasteiger partial charge in [-0.05, 0) is 62.0 Å². The molecule has 0 saturated carbocycles. The minimum absolute atomic E-state index is 0.0232. The number of benzene rings is 1. The molecule has 1 aliphatic heterocycles. The lowest BCUT2D eigenvalue weighted by molar-refractivity contribution is -0.122. The quantitative estimate of drug-likeness (QED) is 0.508. The molecule has 1 fully saturated rings. The predicted molar refractivity (Wildman–Crippen MR) is 102 cm³/mol. The van der Waals surface area contributed by atoms with Crippen LogP contribution in [-0.4, -0.2) is 21.5 Å². The second-order valence-corrected chi connectivity index (χ2v) is 6.75. The van der Waals surface area contributed by atoms with Gasteiger partial charge in [-0.15, -0.1) is 0 Å². The zero-order chi connectivity index (χ0) is 18.1. The Morgan fingerprint density at radius 3 is 2.64 bits per heavy atom. The number of hydrogen-bond acceptors (Lipinski definition) is 3. The molecule has 1 aromatic carbocycles. The smallest absolute Gasteiger partial charge is 0.270 e. The van der Waals surface area contributed by atoms with Crippen molar-refractivity contribution in [1.82, 2.24) is 9.88 Å². The van der Waals surface area contributed by atoms with E-state index in [4.69, 9.17) is 23.8 Å². The topological polar surface area (TPSA) is 54.3 Å². The average molecular weight is 374 g/mol. The summed E-state index contributed by atoms with van der Waals surface area (Å²) >= 11 is 11.2. The van der Waals surface area contributed by atoms with E-state index in [1.807, 2.05) is 23.0 Å². The third-order valence-corrected chi connectivity index (χ3v) is 4.33. The van der Waals surface area contributed by atoms with Crippen molar-refractivity contribution in [1.29, 1.82) is 0 Å². The summed E-state index contributed by atoms with van der Waals surface area (Å²) in [7, 11) is 0. The van der Waals surface area contributed by atoms with E-state index in [1.54, 1.807) is 30.3 Å². The maximum atomic E-state index is 12.9. The summed E-state index contributed by atoms with van der Waals surface area (Å²) in [5.41, 5.74) is 1.30. The maximum Gasteiger partial charge on any atom is 0.270 e. The summed E-state index contributed by atoms with van der Waals surface area (Å²) in [6.45, 7) is 4.10. The van der Waals surface area contributed by atoms with Crippen LogP contribution in [0.1, 0.15) is 25.5 Å². The van der Waals surface area contributed by atoms with Crippen molar-refractivity contribution in [3.8, 4) is 0 Å². The van der Waals surface area contributed by atoms with Crippen LogP contribution < -0.4 is 10.2 Å². The minimum Gasteiger partial charge on any atom is -0.351 e. The fraction of sp³-hybridized carbons (Fsp3) is 0.167. The Morgan fingerprint density at radius 2 is 2.00 bits per heavy atom. The van der Waals surface area contributed by atoms with Gasteiger partial charge in [-0.3, -0.25) is 19.8 Å². The van der Waals surface area contributed by atoms with Crippen LogP contribution in [0.5, 0.6) is 0 Å². The molecule has 5 nitrogen and oxygen atoms in total. The molecule has 1 N–H and O–H groups in total. The predicted octanol–water partition coefficient (Wildman–Crippen LogP) is 3.55. The lowest BCUT2D eigenvalue weighted by atomic mass is 10.1. The van der Waals surface area contributed by atoms with Crippen LogP contribution in [0.25, 0.3) is 6.08 Å². The summed E-state index contributed by atoms with van der Waals surface area (Å²) < 4.78 is 2.00. The van der Waals surface area contributed by atoms with Crippen LogP contribution in [0, 0.1) is 0 Å². The van der Waals surface area contributed by atoms with Crippen LogP contribution in [0.2, 0.25) is 5.02 Å². The van der Waals surface area contributed by atoms with Gasteiger partial charge in [0.1, 0.15) is 5.57 Å². The number of hydrogen-bond donors (Lipinski definition) is 1. The van der Waals surface area contributed by atoms with E-state index >= 15 is 0 Å². The van der Waals surface area contributed by atoms with Crippen molar-refractivity contribution in [2.45, 2.75) is 19.9 Å². The molecule has 1 saturated heterocycles. The van der Waals surface area contributed by atoms with Crippen LogP contribution in [0.15, 0.2) is 48.3 Å².